The molecule has 0 saturated carbocycles. The average Bonchev–Trinajstić information content (AvgIpc) is 3.00. The van der Waals surface area contributed by atoms with Crippen molar-refractivity contribution in [1.82, 2.24) is 14.9 Å². The zero-order valence-electron chi connectivity index (χ0n) is 13.8. The second-order valence-corrected chi connectivity index (χ2v) is 8.63. The largest absolute Gasteiger partial charge is 0.337 e. The summed E-state index contributed by atoms with van der Waals surface area (Å²) in [4.78, 5) is 15.5. The number of rotatable bonds is 5. The number of nitrogens with zero attached hydrogens (tertiary/aromatic N) is 1. The molecule has 2 aromatic rings. The van der Waals surface area contributed by atoms with Crippen LogP contribution in [0.4, 0.5) is 0 Å². The van der Waals surface area contributed by atoms with Gasteiger partial charge in [0.2, 0.25) is 10.0 Å². The van der Waals surface area contributed by atoms with Crippen molar-refractivity contribution in [3.8, 4) is 0 Å². The number of sulfonamides is 1. The highest BCUT2D eigenvalue weighted by Crippen LogP contribution is 2.15. The first kappa shape index (κ1) is 18.1. The number of thiophene rings is 1. The number of hydrogen-bond acceptors (Lipinski definition) is 5. The standard InChI is InChI=1S/C17H21N3O3S2/c21-17(20-9-3-7-18-8-10-20)14-4-1-6-16(12-14)25(22,23)19-13-15-5-2-11-24-15/h1-2,4-6,11-12,18-19H,3,7-10,13H2. The molecule has 0 aliphatic carbocycles. The molecule has 1 aliphatic heterocycles. The molecule has 1 fully saturated rings. The van der Waals surface area contributed by atoms with Crippen LogP contribution in [0.1, 0.15) is 21.7 Å². The summed E-state index contributed by atoms with van der Waals surface area (Å²) in [5.41, 5.74) is 0.404. The van der Waals surface area contributed by atoms with Crippen molar-refractivity contribution < 1.29 is 13.2 Å². The molecule has 6 nitrogen and oxygen atoms in total. The van der Waals surface area contributed by atoms with Crippen molar-refractivity contribution >= 4 is 27.3 Å². The third-order valence-electron chi connectivity index (χ3n) is 4.04. The Morgan fingerprint density at radius 3 is 2.88 bits per heavy atom. The smallest absolute Gasteiger partial charge is 0.253 e. The highest BCUT2D eigenvalue weighted by Gasteiger charge is 2.20. The van der Waals surface area contributed by atoms with Crippen molar-refractivity contribution in [2.75, 3.05) is 26.2 Å². The number of nitrogens with one attached hydrogen (secondary N) is 2. The molecule has 1 saturated heterocycles. The zero-order chi connectivity index (χ0) is 17.7. The molecule has 0 unspecified atom stereocenters. The molecule has 0 atom stereocenters. The lowest BCUT2D eigenvalue weighted by atomic mass is 10.2. The number of carbonyl (C=O) groups excluding carboxylic acids is 1. The maximum absolute atomic E-state index is 12.7. The Hall–Kier alpha value is -1.74. The van der Waals surface area contributed by atoms with Gasteiger partial charge in [0, 0.05) is 36.6 Å². The zero-order valence-corrected chi connectivity index (χ0v) is 15.4. The Labute approximate surface area is 151 Å². The first-order valence-corrected chi connectivity index (χ1v) is 10.5. The summed E-state index contributed by atoms with van der Waals surface area (Å²) >= 11 is 1.49. The van der Waals surface area contributed by atoms with E-state index in [9.17, 15) is 13.2 Å². The third-order valence-corrected chi connectivity index (χ3v) is 6.31. The van der Waals surface area contributed by atoms with Crippen LogP contribution in [-0.2, 0) is 16.6 Å². The lowest BCUT2D eigenvalue weighted by molar-refractivity contribution is 0.0766. The van der Waals surface area contributed by atoms with Crippen LogP contribution in [0.15, 0.2) is 46.7 Å². The van der Waals surface area contributed by atoms with Gasteiger partial charge >= 0.3 is 0 Å². The predicted molar refractivity (Wildman–Crippen MR) is 98.2 cm³/mol. The highest BCUT2D eigenvalue weighted by atomic mass is 32.2. The molecule has 2 N–H and O–H groups in total. The van der Waals surface area contributed by atoms with Crippen LogP contribution in [0.25, 0.3) is 0 Å². The number of hydrogen-bond donors (Lipinski definition) is 2. The molecule has 0 bridgehead atoms. The van der Waals surface area contributed by atoms with Crippen LogP contribution in [0, 0.1) is 0 Å². The van der Waals surface area contributed by atoms with Crippen LogP contribution in [0.3, 0.4) is 0 Å². The number of carbonyl (C=O) groups is 1. The number of amides is 1. The number of benzene rings is 1. The second-order valence-electron chi connectivity index (χ2n) is 5.83. The highest BCUT2D eigenvalue weighted by molar-refractivity contribution is 7.89. The van der Waals surface area contributed by atoms with Crippen LogP contribution < -0.4 is 10.0 Å². The van der Waals surface area contributed by atoms with Gasteiger partial charge in [0.05, 0.1) is 4.90 Å². The van der Waals surface area contributed by atoms with Gasteiger partial charge in [-0.25, -0.2) is 13.1 Å². The first-order chi connectivity index (χ1) is 12.1. The van der Waals surface area contributed by atoms with Gasteiger partial charge < -0.3 is 10.2 Å². The molecule has 0 spiro atoms. The van der Waals surface area contributed by atoms with Gasteiger partial charge in [-0.1, -0.05) is 12.1 Å². The molecule has 1 amide bonds. The fraction of sp³-hybridized carbons (Fsp3) is 0.353. The van der Waals surface area contributed by atoms with Gasteiger partial charge in [-0.2, -0.15) is 0 Å². The van der Waals surface area contributed by atoms with Gasteiger partial charge in [0.1, 0.15) is 0 Å². The van der Waals surface area contributed by atoms with E-state index < -0.39 is 10.0 Å². The van der Waals surface area contributed by atoms with Crippen molar-refractivity contribution in [2.45, 2.75) is 17.9 Å². The topological polar surface area (TPSA) is 78.5 Å². The molecular formula is C17H21N3O3S2. The van der Waals surface area contributed by atoms with Gasteiger partial charge in [-0.05, 0) is 42.6 Å². The Bertz CT molecular complexity index is 811. The van der Waals surface area contributed by atoms with Crippen molar-refractivity contribution in [2.24, 2.45) is 0 Å². The average molecular weight is 380 g/mol. The van der Waals surface area contributed by atoms with E-state index in [-0.39, 0.29) is 17.3 Å². The maximum atomic E-state index is 12.7. The van der Waals surface area contributed by atoms with Gasteiger partial charge in [-0.3, -0.25) is 4.79 Å². The van der Waals surface area contributed by atoms with E-state index in [1.807, 2.05) is 17.5 Å². The van der Waals surface area contributed by atoms with Gasteiger partial charge in [0.15, 0.2) is 0 Å². The Kier molecular flexibility index (Phi) is 5.85. The van der Waals surface area contributed by atoms with E-state index in [2.05, 4.69) is 10.0 Å². The van der Waals surface area contributed by atoms with Gasteiger partial charge in [-0.15, -0.1) is 11.3 Å². The summed E-state index contributed by atoms with van der Waals surface area (Å²) in [6.45, 7) is 3.21. The van der Waals surface area contributed by atoms with E-state index >= 15 is 0 Å². The van der Waals surface area contributed by atoms with Crippen molar-refractivity contribution in [1.29, 1.82) is 0 Å². The SMILES string of the molecule is O=C(c1cccc(S(=O)(=O)NCc2cccs2)c1)N1CCCNCC1. The van der Waals surface area contributed by atoms with Crippen LogP contribution in [0.2, 0.25) is 0 Å². The summed E-state index contributed by atoms with van der Waals surface area (Å²) in [7, 11) is -3.66. The van der Waals surface area contributed by atoms with E-state index in [0.717, 1.165) is 24.4 Å². The molecule has 3 rings (SSSR count). The van der Waals surface area contributed by atoms with Crippen molar-refractivity contribution in [3.05, 3.63) is 52.2 Å². The van der Waals surface area contributed by atoms with E-state index in [1.54, 1.807) is 17.0 Å². The normalized spacial score (nSPS) is 15.8. The predicted octanol–water partition coefficient (Wildman–Crippen LogP) is 1.66. The van der Waals surface area contributed by atoms with E-state index in [4.69, 9.17) is 0 Å². The summed E-state index contributed by atoms with van der Waals surface area (Å²) in [5.74, 6) is -0.126. The molecule has 1 aliphatic rings. The molecule has 8 heteroatoms. The molecule has 134 valence electrons. The monoisotopic (exact) mass is 379 g/mol. The van der Waals surface area contributed by atoms with Crippen LogP contribution in [0.5, 0.6) is 0 Å². The lowest BCUT2D eigenvalue weighted by Crippen LogP contribution is -2.34. The van der Waals surface area contributed by atoms with Crippen LogP contribution >= 0.6 is 11.3 Å². The van der Waals surface area contributed by atoms with Crippen molar-refractivity contribution in [3.63, 3.8) is 0 Å². The summed E-state index contributed by atoms with van der Waals surface area (Å²) in [5, 5.41) is 5.15. The lowest BCUT2D eigenvalue weighted by Gasteiger charge is -2.20. The maximum Gasteiger partial charge on any atom is 0.253 e. The molecular weight excluding hydrogens is 358 g/mol. The molecule has 1 aromatic heterocycles. The van der Waals surface area contributed by atoms with E-state index in [0.29, 0.717) is 18.7 Å². The minimum absolute atomic E-state index is 0.114. The molecule has 2 heterocycles. The summed E-state index contributed by atoms with van der Waals surface area (Å²) in [6.07, 6.45) is 0.895. The molecule has 1 aromatic carbocycles. The first-order valence-electron chi connectivity index (χ1n) is 8.18. The van der Waals surface area contributed by atoms with E-state index in [1.165, 1.54) is 23.5 Å². The second kappa shape index (κ2) is 8.09. The van der Waals surface area contributed by atoms with Crippen LogP contribution in [-0.4, -0.2) is 45.4 Å². The molecule has 25 heavy (non-hydrogen) atoms. The Morgan fingerprint density at radius 1 is 1.20 bits per heavy atom. The van der Waals surface area contributed by atoms with Gasteiger partial charge in [0.25, 0.3) is 5.91 Å². The Balaban J connectivity index is 1.74. The third kappa shape index (κ3) is 4.66. The minimum atomic E-state index is -3.66. The quantitative estimate of drug-likeness (QED) is 0.828. The summed E-state index contributed by atoms with van der Waals surface area (Å²) < 4.78 is 27.6. The fourth-order valence-electron chi connectivity index (χ4n) is 2.69. The fourth-order valence-corrected chi connectivity index (χ4v) is 4.48. The minimum Gasteiger partial charge on any atom is -0.337 e. The Morgan fingerprint density at radius 2 is 2.08 bits per heavy atom. The summed E-state index contributed by atoms with van der Waals surface area (Å²) in [6, 6.07) is 10.0. The molecule has 0 radical (unpaired) electrons.